The number of nitrogens with one attached hydrogen (secondary N) is 3. The third-order valence-corrected chi connectivity index (χ3v) is 6.44. The number of allylic oxidation sites excluding steroid dienone is 1. The average molecular weight is 514 g/mol. The number of nitrogens with two attached hydrogens (primary N) is 1. The summed E-state index contributed by atoms with van der Waals surface area (Å²) in [6, 6.07) is 5.41. The fraction of sp³-hybridized carbons (Fsp3) is 0.542. The molecule has 1 aliphatic rings. The Balaban J connectivity index is 2.03. The lowest BCUT2D eigenvalue weighted by Gasteiger charge is -2.29. The molecule has 0 spiro atoms. The van der Waals surface area contributed by atoms with E-state index in [2.05, 4.69) is 20.9 Å². The predicted molar refractivity (Wildman–Crippen MR) is 137 cm³/mol. The van der Waals surface area contributed by atoms with Gasteiger partial charge in [-0.3, -0.25) is 9.69 Å². The van der Waals surface area contributed by atoms with Crippen LogP contribution in [-0.4, -0.2) is 68.0 Å². The van der Waals surface area contributed by atoms with Gasteiger partial charge in [0.1, 0.15) is 11.5 Å². The monoisotopic (exact) mass is 513 g/mol. The molecule has 1 aromatic carbocycles. The van der Waals surface area contributed by atoms with Crippen molar-refractivity contribution in [3.63, 3.8) is 0 Å². The van der Waals surface area contributed by atoms with Crippen LogP contribution in [0.4, 0.5) is 0 Å². The first-order chi connectivity index (χ1) is 16.2. The summed E-state index contributed by atoms with van der Waals surface area (Å²) in [6.45, 7) is 10.1. The minimum absolute atomic E-state index is 0.220. The van der Waals surface area contributed by atoms with Gasteiger partial charge in [-0.2, -0.15) is 0 Å². The Labute approximate surface area is 212 Å². The van der Waals surface area contributed by atoms with E-state index in [0.717, 1.165) is 30.6 Å². The highest BCUT2D eigenvalue weighted by atomic mass is 35.5. The molecule has 34 heavy (non-hydrogen) atoms. The molecule has 1 heterocycles. The number of carbonyl (C=O) groups excluding carboxylic acids is 1. The summed E-state index contributed by atoms with van der Waals surface area (Å²) < 4.78 is 5.35. The lowest BCUT2D eigenvalue weighted by Crippen LogP contribution is -2.45. The lowest BCUT2D eigenvalue weighted by atomic mass is 10.1. The number of β-amino-alcohol motifs (C(OH)–C–C–N with tert-alkyl or cyclic N) is 1. The van der Waals surface area contributed by atoms with Gasteiger partial charge in [0, 0.05) is 39.3 Å². The van der Waals surface area contributed by atoms with Crippen molar-refractivity contribution in [1.29, 1.82) is 0 Å². The van der Waals surface area contributed by atoms with Gasteiger partial charge in [-0.05, 0) is 49.1 Å². The first-order valence-corrected chi connectivity index (χ1v) is 12.3. The zero-order valence-electron chi connectivity index (χ0n) is 20.2. The van der Waals surface area contributed by atoms with Crippen molar-refractivity contribution in [2.24, 2.45) is 5.73 Å². The van der Waals surface area contributed by atoms with Crippen molar-refractivity contribution in [1.82, 2.24) is 20.9 Å². The number of rotatable bonds is 12. The van der Waals surface area contributed by atoms with Crippen LogP contribution in [0.25, 0.3) is 0 Å². The molecule has 6 N–H and O–H groups in total. The normalized spacial score (nSPS) is 16.9. The van der Waals surface area contributed by atoms with Crippen LogP contribution >= 0.6 is 23.2 Å². The molecule has 8 nitrogen and oxygen atoms in total. The maximum atomic E-state index is 13.2. The molecule has 1 saturated heterocycles. The predicted octanol–water partition coefficient (Wildman–Crippen LogP) is 2.36. The quantitative estimate of drug-likeness (QED) is 0.272. The maximum Gasteiger partial charge on any atom is 0.272 e. The number of ether oxygens (including phenoxy) is 1. The number of nitrogens with zero attached hydrogens (tertiary/aromatic N) is 1. The fourth-order valence-electron chi connectivity index (χ4n) is 3.39. The number of benzene rings is 1. The van der Waals surface area contributed by atoms with Gasteiger partial charge in [-0.1, -0.05) is 36.2 Å². The van der Waals surface area contributed by atoms with Crippen molar-refractivity contribution in [2.45, 2.75) is 39.8 Å². The summed E-state index contributed by atoms with van der Waals surface area (Å²) in [5, 5.41) is 20.8. The van der Waals surface area contributed by atoms with Crippen molar-refractivity contribution in [3.8, 4) is 0 Å². The molecule has 0 saturated carbocycles. The van der Waals surface area contributed by atoms with Crippen LogP contribution in [0.1, 0.15) is 32.8 Å². The van der Waals surface area contributed by atoms with Gasteiger partial charge in [0.05, 0.1) is 29.4 Å². The zero-order chi connectivity index (χ0) is 25.1. The van der Waals surface area contributed by atoms with Gasteiger partial charge in [0.25, 0.3) is 5.91 Å². The number of amides is 1. The van der Waals surface area contributed by atoms with Crippen LogP contribution in [0.2, 0.25) is 10.0 Å². The molecule has 190 valence electrons. The lowest BCUT2D eigenvalue weighted by molar-refractivity contribution is -0.117. The average Bonchev–Trinajstić information content (AvgIpc) is 2.83. The molecule has 0 aliphatic carbocycles. The van der Waals surface area contributed by atoms with Gasteiger partial charge < -0.3 is 31.5 Å². The Hall–Kier alpha value is -1.81. The van der Waals surface area contributed by atoms with E-state index in [4.69, 9.17) is 33.7 Å². The molecule has 1 unspecified atom stereocenters. The largest absolute Gasteiger partial charge is 0.390 e. The molecule has 10 heteroatoms. The van der Waals surface area contributed by atoms with Gasteiger partial charge in [-0.15, -0.1) is 0 Å². The number of aliphatic hydroxyl groups excluding tert-OH is 1. The van der Waals surface area contributed by atoms with Crippen LogP contribution in [0, 0.1) is 0 Å². The maximum absolute atomic E-state index is 13.2. The Morgan fingerprint density at radius 1 is 1.18 bits per heavy atom. The van der Waals surface area contributed by atoms with E-state index in [9.17, 15) is 9.90 Å². The summed E-state index contributed by atoms with van der Waals surface area (Å²) in [5.74, 6) is 0.308. The van der Waals surface area contributed by atoms with Gasteiger partial charge in [0.2, 0.25) is 0 Å². The number of hydrogen-bond donors (Lipinski definition) is 5. The first kappa shape index (κ1) is 28.4. The molecule has 1 aliphatic heterocycles. The number of carbonyl (C=O) groups is 1. The van der Waals surface area contributed by atoms with Crippen LogP contribution < -0.4 is 21.7 Å². The molecule has 2 rings (SSSR count). The molecule has 0 aromatic heterocycles. The zero-order valence-corrected chi connectivity index (χ0v) is 21.7. The molecular weight excluding hydrogens is 477 g/mol. The van der Waals surface area contributed by atoms with Crippen molar-refractivity contribution in [2.75, 3.05) is 45.9 Å². The van der Waals surface area contributed by atoms with Crippen molar-refractivity contribution >= 4 is 29.1 Å². The topological polar surface area (TPSA) is 112 Å². The van der Waals surface area contributed by atoms with Crippen molar-refractivity contribution < 1.29 is 14.6 Å². The second-order valence-electron chi connectivity index (χ2n) is 8.37. The summed E-state index contributed by atoms with van der Waals surface area (Å²) in [6.07, 6.45) is 0.122. The molecule has 1 amide bonds. The Morgan fingerprint density at radius 3 is 2.50 bits per heavy atom. The molecule has 1 fully saturated rings. The third kappa shape index (κ3) is 9.09. The minimum Gasteiger partial charge on any atom is -0.390 e. The molecule has 0 radical (unpaired) electrons. The van der Waals surface area contributed by atoms with E-state index in [-0.39, 0.29) is 19.0 Å². The highest BCUT2D eigenvalue weighted by Crippen LogP contribution is 2.22. The minimum atomic E-state index is -0.633. The van der Waals surface area contributed by atoms with Gasteiger partial charge in [-0.25, -0.2) is 0 Å². The van der Waals surface area contributed by atoms with E-state index < -0.39 is 6.10 Å². The first-order valence-electron chi connectivity index (χ1n) is 11.6. The SMILES string of the molecule is CCC(C)=C(NCc1ccc(Cl)c(Cl)c1)NC(=O)/C(NCC(O)CN1CCOCC1)=C(\C)CN. The standard InChI is InChI=1S/C24H37Cl2N5O3/c1-4-16(2)23(29-13-18-5-6-20(25)21(26)11-18)30-24(33)22(17(3)12-27)28-14-19(32)15-31-7-9-34-10-8-31/h5-6,11,19,28-29,32H,4,7-10,12-15,27H2,1-3H3,(H,30,33)/b22-17-,23-16?. The highest BCUT2D eigenvalue weighted by Gasteiger charge is 2.19. The van der Waals surface area contributed by atoms with E-state index in [1.165, 1.54) is 0 Å². The molecule has 1 atom stereocenters. The molecule has 0 bridgehead atoms. The highest BCUT2D eigenvalue weighted by molar-refractivity contribution is 6.42. The second kappa shape index (κ2) is 14.6. The molecule has 1 aromatic rings. The second-order valence-corrected chi connectivity index (χ2v) is 9.19. The van der Waals surface area contributed by atoms with E-state index in [1.807, 2.05) is 19.9 Å². The summed E-state index contributed by atoms with van der Waals surface area (Å²) in [4.78, 5) is 15.3. The Kier molecular flexibility index (Phi) is 12.2. The Bertz CT molecular complexity index is 885. The van der Waals surface area contributed by atoms with E-state index in [1.54, 1.807) is 19.1 Å². The van der Waals surface area contributed by atoms with Gasteiger partial charge >= 0.3 is 0 Å². The number of aliphatic hydroxyl groups is 1. The summed E-state index contributed by atoms with van der Waals surface area (Å²) >= 11 is 12.1. The van der Waals surface area contributed by atoms with Crippen LogP contribution in [0.15, 0.2) is 40.9 Å². The molecular formula is C24H37Cl2N5O3. The third-order valence-electron chi connectivity index (χ3n) is 5.70. The Morgan fingerprint density at radius 2 is 1.88 bits per heavy atom. The number of morpholine rings is 1. The number of halogens is 2. The van der Waals surface area contributed by atoms with E-state index >= 15 is 0 Å². The van der Waals surface area contributed by atoms with Crippen molar-refractivity contribution in [3.05, 3.63) is 56.5 Å². The fourth-order valence-corrected chi connectivity index (χ4v) is 3.71. The number of hydrogen-bond acceptors (Lipinski definition) is 7. The summed E-state index contributed by atoms with van der Waals surface area (Å²) in [5.41, 5.74) is 8.82. The van der Waals surface area contributed by atoms with Gasteiger partial charge in [0.15, 0.2) is 0 Å². The van der Waals surface area contributed by atoms with Crippen LogP contribution in [-0.2, 0) is 16.1 Å². The smallest absolute Gasteiger partial charge is 0.272 e. The van der Waals surface area contributed by atoms with E-state index in [0.29, 0.717) is 53.4 Å². The summed E-state index contributed by atoms with van der Waals surface area (Å²) in [7, 11) is 0. The van der Waals surface area contributed by atoms with Crippen LogP contribution in [0.5, 0.6) is 0 Å². The van der Waals surface area contributed by atoms with Crippen LogP contribution in [0.3, 0.4) is 0 Å².